The minimum absolute atomic E-state index is 0.101. The first kappa shape index (κ1) is 14.8. The van der Waals surface area contributed by atoms with Gasteiger partial charge in [-0.15, -0.1) is 0 Å². The summed E-state index contributed by atoms with van der Waals surface area (Å²) >= 11 is 2.03. The Hall–Kier alpha value is -0.610. The van der Waals surface area contributed by atoms with Crippen molar-refractivity contribution in [2.45, 2.75) is 50.4 Å². The first-order chi connectivity index (χ1) is 9.20. The summed E-state index contributed by atoms with van der Waals surface area (Å²) in [5.74, 6) is 1.16. The Balaban J connectivity index is 1.84. The van der Waals surface area contributed by atoms with Gasteiger partial charge in [-0.1, -0.05) is 37.6 Å². The van der Waals surface area contributed by atoms with Gasteiger partial charge in [-0.3, -0.25) is 0 Å². The molecule has 1 aromatic carbocycles. The number of thioether (sulfide) groups is 1. The van der Waals surface area contributed by atoms with Crippen molar-refractivity contribution in [3.8, 4) is 0 Å². The molecule has 1 aliphatic carbocycles. The van der Waals surface area contributed by atoms with Crippen LogP contribution in [0.1, 0.15) is 43.7 Å². The zero-order chi connectivity index (χ0) is 13.7. The maximum Gasteiger partial charge on any atom is 0.263 e. The molecule has 1 aliphatic rings. The van der Waals surface area contributed by atoms with Crippen molar-refractivity contribution in [3.63, 3.8) is 0 Å². The van der Waals surface area contributed by atoms with E-state index in [1.807, 2.05) is 11.8 Å². The Kier molecular flexibility index (Phi) is 5.64. The molecule has 0 amide bonds. The zero-order valence-electron chi connectivity index (χ0n) is 11.2. The number of nitrogens with one attached hydrogen (secondary N) is 1. The number of alkyl halides is 2. The third kappa shape index (κ3) is 4.18. The Morgan fingerprint density at radius 3 is 2.63 bits per heavy atom. The van der Waals surface area contributed by atoms with Crippen LogP contribution >= 0.6 is 11.8 Å². The highest BCUT2D eigenvalue weighted by molar-refractivity contribution is 7.99. The summed E-state index contributed by atoms with van der Waals surface area (Å²) in [5.41, 5.74) is 1.18. The largest absolute Gasteiger partial charge is 0.309 e. The maximum absolute atomic E-state index is 12.4. The Labute approximate surface area is 118 Å². The van der Waals surface area contributed by atoms with Crippen LogP contribution in [0.5, 0.6) is 0 Å². The zero-order valence-corrected chi connectivity index (χ0v) is 12.1. The predicted octanol–water partition coefficient (Wildman–Crippen LogP) is 4.39. The van der Waals surface area contributed by atoms with Crippen molar-refractivity contribution in [1.82, 2.24) is 5.32 Å². The van der Waals surface area contributed by atoms with Gasteiger partial charge in [0.1, 0.15) is 0 Å². The molecule has 2 unspecified atom stereocenters. The summed E-state index contributed by atoms with van der Waals surface area (Å²) in [6.45, 7) is 2.97. The molecule has 0 bridgehead atoms. The number of hydrogen-bond donors (Lipinski definition) is 1. The summed E-state index contributed by atoms with van der Waals surface area (Å²) in [6.07, 6.45) is 1.44. The summed E-state index contributed by atoms with van der Waals surface area (Å²) in [4.78, 5) is 0. The molecule has 2 rings (SSSR count). The average Bonchev–Trinajstić information content (AvgIpc) is 2.85. The van der Waals surface area contributed by atoms with Gasteiger partial charge in [0.25, 0.3) is 6.43 Å². The molecule has 0 aliphatic heterocycles. The molecule has 0 radical (unpaired) electrons. The minimum Gasteiger partial charge on any atom is -0.309 e. The van der Waals surface area contributed by atoms with Crippen molar-refractivity contribution in [1.29, 1.82) is 0 Å². The van der Waals surface area contributed by atoms with Gasteiger partial charge in [-0.05, 0) is 24.2 Å². The van der Waals surface area contributed by atoms with E-state index in [0.29, 0.717) is 11.3 Å². The molecule has 1 nitrogen and oxygen atoms in total. The van der Waals surface area contributed by atoms with E-state index in [0.717, 1.165) is 17.9 Å². The fourth-order valence-electron chi connectivity index (χ4n) is 2.60. The van der Waals surface area contributed by atoms with Crippen LogP contribution in [0.2, 0.25) is 0 Å². The number of benzene rings is 1. The van der Waals surface area contributed by atoms with Crippen molar-refractivity contribution in [3.05, 3.63) is 35.4 Å². The topological polar surface area (TPSA) is 12.0 Å². The Morgan fingerprint density at radius 1 is 1.26 bits per heavy atom. The standard InChI is InChI=1S/C15H21F2NS/c1-2-19-14-5-3-4-13(14)18-10-11-6-8-12(9-7-11)15(16)17/h6-9,13-15,18H,2-5,10H2,1H3. The summed E-state index contributed by atoms with van der Waals surface area (Å²) in [6, 6.07) is 7.21. The van der Waals surface area contributed by atoms with E-state index in [2.05, 4.69) is 12.2 Å². The van der Waals surface area contributed by atoms with Crippen molar-refractivity contribution >= 4 is 11.8 Å². The van der Waals surface area contributed by atoms with Gasteiger partial charge < -0.3 is 5.32 Å². The van der Waals surface area contributed by atoms with E-state index >= 15 is 0 Å². The molecule has 19 heavy (non-hydrogen) atoms. The van der Waals surface area contributed by atoms with Crippen LogP contribution < -0.4 is 5.32 Å². The van der Waals surface area contributed by atoms with E-state index in [-0.39, 0.29) is 5.56 Å². The van der Waals surface area contributed by atoms with E-state index in [9.17, 15) is 8.78 Å². The quantitative estimate of drug-likeness (QED) is 0.832. The molecule has 1 aromatic rings. The molecule has 0 heterocycles. The third-order valence-electron chi connectivity index (χ3n) is 3.63. The molecule has 1 saturated carbocycles. The van der Waals surface area contributed by atoms with Gasteiger partial charge in [-0.25, -0.2) is 8.78 Å². The normalized spacial score (nSPS) is 23.2. The second-order valence-corrected chi connectivity index (χ2v) is 6.47. The van der Waals surface area contributed by atoms with E-state index in [1.165, 1.54) is 31.4 Å². The predicted molar refractivity (Wildman–Crippen MR) is 77.8 cm³/mol. The summed E-state index contributed by atoms with van der Waals surface area (Å²) < 4.78 is 24.9. The molecule has 0 aromatic heterocycles. The summed E-state index contributed by atoms with van der Waals surface area (Å²) in [5, 5.41) is 4.29. The van der Waals surface area contributed by atoms with Crippen LogP contribution in [0.3, 0.4) is 0 Å². The van der Waals surface area contributed by atoms with Crippen LogP contribution in [0.4, 0.5) is 8.78 Å². The van der Waals surface area contributed by atoms with Gasteiger partial charge in [0.2, 0.25) is 0 Å². The van der Waals surface area contributed by atoms with Gasteiger partial charge in [-0.2, -0.15) is 11.8 Å². The van der Waals surface area contributed by atoms with Gasteiger partial charge >= 0.3 is 0 Å². The van der Waals surface area contributed by atoms with Crippen LogP contribution in [-0.2, 0) is 6.54 Å². The highest BCUT2D eigenvalue weighted by Gasteiger charge is 2.26. The van der Waals surface area contributed by atoms with Crippen molar-refractivity contribution in [2.75, 3.05) is 5.75 Å². The van der Waals surface area contributed by atoms with Crippen LogP contribution in [0, 0.1) is 0 Å². The fraction of sp³-hybridized carbons (Fsp3) is 0.600. The van der Waals surface area contributed by atoms with E-state index in [1.54, 1.807) is 12.1 Å². The fourth-order valence-corrected chi connectivity index (χ4v) is 3.83. The monoisotopic (exact) mass is 285 g/mol. The minimum atomic E-state index is -2.37. The first-order valence-electron chi connectivity index (χ1n) is 6.92. The Morgan fingerprint density at radius 2 is 2.00 bits per heavy atom. The SMILES string of the molecule is CCSC1CCCC1NCc1ccc(C(F)F)cc1. The van der Waals surface area contributed by atoms with Gasteiger partial charge in [0, 0.05) is 23.4 Å². The van der Waals surface area contributed by atoms with Gasteiger partial charge in [0.15, 0.2) is 0 Å². The second kappa shape index (κ2) is 7.25. The maximum atomic E-state index is 12.4. The third-order valence-corrected chi connectivity index (χ3v) is 4.96. The molecule has 106 valence electrons. The van der Waals surface area contributed by atoms with Crippen molar-refractivity contribution < 1.29 is 8.78 Å². The van der Waals surface area contributed by atoms with Crippen LogP contribution in [0.25, 0.3) is 0 Å². The molecule has 4 heteroatoms. The first-order valence-corrected chi connectivity index (χ1v) is 7.97. The van der Waals surface area contributed by atoms with Gasteiger partial charge in [0.05, 0.1) is 0 Å². The van der Waals surface area contributed by atoms with E-state index < -0.39 is 6.43 Å². The molecular weight excluding hydrogens is 264 g/mol. The molecule has 0 saturated heterocycles. The lowest BCUT2D eigenvalue weighted by atomic mass is 10.1. The molecule has 1 fully saturated rings. The highest BCUT2D eigenvalue weighted by Crippen LogP contribution is 2.30. The second-order valence-electron chi connectivity index (χ2n) is 4.95. The number of halogens is 2. The van der Waals surface area contributed by atoms with E-state index in [4.69, 9.17) is 0 Å². The van der Waals surface area contributed by atoms with Crippen LogP contribution in [-0.4, -0.2) is 17.0 Å². The lowest BCUT2D eigenvalue weighted by Crippen LogP contribution is -2.33. The molecule has 1 N–H and O–H groups in total. The summed E-state index contributed by atoms with van der Waals surface area (Å²) in [7, 11) is 0. The number of hydrogen-bond acceptors (Lipinski definition) is 2. The highest BCUT2D eigenvalue weighted by atomic mass is 32.2. The lowest BCUT2D eigenvalue weighted by molar-refractivity contribution is 0.151. The Bertz CT molecular complexity index is 380. The number of rotatable bonds is 6. The van der Waals surface area contributed by atoms with Crippen molar-refractivity contribution in [2.24, 2.45) is 0 Å². The van der Waals surface area contributed by atoms with Crippen LogP contribution in [0.15, 0.2) is 24.3 Å². The molecule has 0 spiro atoms. The lowest BCUT2D eigenvalue weighted by Gasteiger charge is -2.20. The molecular formula is C15H21F2NS. The average molecular weight is 285 g/mol. The smallest absolute Gasteiger partial charge is 0.263 e. The molecule has 2 atom stereocenters.